The molecule has 1 aromatic carbocycles. The molecule has 0 fully saturated rings. The number of carbonyl (C=O) groups excluding carboxylic acids is 2. The van der Waals surface area contributed by atoms with Crippen LogP contribution in [0.5, 0.6) is 0 Å². The van der Waals surface area contributed by atoms with E-state index in [-0.39, 0.29) is 36.3 Å². The van der Waals surface area contributed by atoms with E-state index < -0.39 is 23.6 Å². The van der Waals surface area contributed by atoms with Crippen LogP contribution >= 0.6 is 12.4 Å². The molecule has 0 heterocycles. The maximum absolute atomic E-state index is 13.9. The Kier molecular flexibility index (Phi) is 10.1. The molecule has 2 amide bonds. The second-order valence-corrected chi connectivity index (χ2v) is 5.39. The van der Waals surface area contributed by atoms with Gasteiger partial charge >= 0.3 is 0 Å². The van der Waals surface area contributed by atoms with Crippen LogP contribution in [-0.4, -0.2) is 30.9 Å². The Morgan fingerprint density at radius 2 is 1.92 bits per heavy atom. The highest BCUT2D eigenvalue weighted by Gasteiger charge is 2.21. The lowest BCUT2D eigenvalue weighted by atomic mass is 10.0. The van der Waals surface area contributed by atoms with E-state index in [1.807, 2.05) is 13.8 Å². The van der Waals surface area contributed by atoms with Gasteiger partial charge in [-0.1, -0.05) is 13.0 Å². The van der Waals surface area contributed by atoms with E-state index in [0.717, 1.165) is 18.7 Å². The monoisotopic (exact) mass is 363 g/mol. The molecular weight excluding hydrogens is 340 g/mol. The summed E-state index contributed by atoms with van der Waals surface area (Å²) in [6, 6.07) is 2.32. The lowest BCUT2D eigenvalue weighted by Crippen LogP contribution is -2.40. The summed E-state index contributed by atoms with van der Waals surface area (Å²) in [5.74, 6) is -2.22. The summed E-state index contributed by atoms with van der Waals surface area (Å²) >= 11 is 0. The molecule has 5 nitrogen and oxygen atoms in total. The Bertz CT molecular complexity index is 558. The van der Waals surface area contributed by atoms with Crippen LogP contribution in [0, 0.1) is 11.6 Å². The molecule has 136 valence electrons. The van der Waals surface area contributed by atoms with Crippen molar-refractivity contribution in [3.05, 3.63) is 35.4 Å². The van der Waals surface area contributed by atoms with Crippen molar-refractivity contribution >= 4 is 24.2 Å². The van der Waals surface area contributed by atoms with Crippen molar-refractivity contribution in [2.45, 2.75) is 39.3 Å². The van der Waals surface area contributed by atoms with E-state index in [4.69, 9.17) is 0 Å². The fourth-order valence-electron chi connectivity index (χ4n) is 2.21. The van der Waals surface area contributed by atoms with Gasteiger partial charge in [0.15, 0.2) is 0 Å². The van der Waals surface area contributed by atoms with Crippen molar-refractivity contribution in [1.82, 2.24) is 16.0 Å². The van der Waals surface area contributed by atoms with Crippen molar-refractivity contribution in [2.75, 3.05) is 13.1 Å². The fourth-order valence-corrected chi connectivity index (χ4v) is 2.21. The highest BCUT2D eigenvalue weighted by Crippen LogP contribution is 2.21. The van der Waals surface area contributed by atoms with Crippen LogP contribution in [0.3, 0.4) is 0 Å². The number of likely N-dealkylation sites (N-methyl/N-ethyl adjacent to an activating group) is 1. The first-order valence-electron chi connectivity index (χ1n) is 7.55. The summed E-state index contributed by atoms with van der Waals surface area (Å²) < 4.78 is 26.9. The molecule has 1 rings (SSSR count). The first-order chi connectivity index (χ1) is 10.8. The number of halogens is 3. The fraction of sp³-hybridized carbons (Fsp3) is 0.500. The minimum Gasteiger partial charge on any atom is -0.354 e. The Labute approximate surface area is 147 Å². The Hall–Kier alpha value is -1.73. The van der Waals surface area contributed by atoms with Gasteiger partial charge in [-0.2, -0.15) is 0 Å². The predicted octanol–water partition coefficient (Wildman–Crippen LogP) is 2.07. The van der Waals surface area contributed by atoms with E-state index in [9.17, 15) is 18.4 Å². The van der Waals surface area contributed by atoms with Gasteiger partial charge in [-0.15, -0.1) is 12.4 Å². The Morgan fingerprint density at radius 1 is 1.25 bits per heavy atom. The Balaban J connectivity index is 0.00000529. The number of rotatable bonds is 8. The smallest absolute Gasteiger partial charge is 0.222 e. The number of carbonyl (C=O) groups is 2. The third-order valence-electron chi connectivity index (χ3n) is 3.26. The van der Waals surface area contributed by atoms with E-state index in [2.05, 4.69) is 16.0 Å². The third kappa shape index (κ3) is 7.70. The van der Waals surface area contributed by atoms with Gasteiger partial charge in [0.1, 0.15) is 11.6 Å². The average Bonchev–Trinajstić information content (AvgIpc) is 2.44. The van der Waals surface area contributed by atoms with Crippen molar-refractivity contribution in [1.29, 1.82) is 0 Å². The van der Waals surface area contributed by atoms with Gasteiger partial charge < -0.3 is 16.0 Å². The molecule has 1 unspecified atom stereocenters. The molecule has 0 saturated carbocycles. The Morgan fingerprint density at radius 3 is 2.46 bits per heavy atom. The third-order valence-corrected chi connectivity index (χ3v) is 3.26. The number of nitrogens with one attached hydrogen (secondary N) is 3. The summed E-state index contributed by atoms with van der Waals surface area (Å²) in [7, 11) is 0. The van der Waals surface area contributed by atoms with Crippen LogP contribution in [0.15, 0.2) is 18.2 Å². The van der Waals surface area contributed by atoms with Crippen LogP contribution in [0.4, 0.5) is 8.78 Å². The SMILES string of the molecule is CCN[C@H](C)CNC(=O)CC(NC(C)=O)c1ccc(F)cc1F.Cl. The van der Waals surface area contributed by atoms with Gasteiger partial charge in [0.25, 0.3) is 0 Å². The standard InChI is InChI=1S/C16H23F2N3O2.ClH/c1-4-19-10(2)9-20-16(23)8-15(21-11(3)22)13-6-5-12(17)7-14(13)18;/h5-7,10,15,19H,4,8-9H2,1-3H3,(H,20,23)(H,21,22);1H/t10-,15?;/m1./s1. The lowest BCUT2D eigenvalue weighted by Gasteiger charge is -2.20. The normalized spacial score (nSPS) is 12.7. The topological polar surface area (TPSA) is 70.2 Å². The van der Waals surface area contributed by atoms with Crippen LogP contribution in [-0.2, 0) is 9.59 Å². The van der Waals surface area contributed by atoms with Gasteiger partial charge in [0, 0.05) is 31.1 Å². The molecule has 2 atom stereocenters. The van der Waals surface area contributed by atoms with Crippen molar-refractivity contribution < 1.29 is 18.4 Å². The highest BCUT2D eigenvalue weighted by atomic mass is 35.5. The summed E-state index contributed by atoms with van der Waals surface area (Å²) in [5, 5.41) is 8.39. The van der Waals surface area contributed by atoms with E-state index >= 15 is 0 Å². The van der Waals surface area contributed by atoms with E-state index in [0.29, 0.717) is 6.54 Å². The number of hydrogen-bond donors (Lipinski definition) is 3. The molecule has 0 radical (unpaired) electrons. The van der Waals surface area contributed by atoms with Crippen LogP contribution in [0.2, 0.25) is 0 Å². The molecule has 3 N–H and O–H groups in total. The predicted molar refractivity (Wildman–Crippen MR) is 90.9 cm³/mol. The summed E-state index contributed by atoms with van der Waals surface area (Å²) in [5.41, 5.74) is 0.0801. The lowest BCUT2D eigenvalue weighted by molar-refractivity contribution is -0.122. The first-order valence-corrected chi connectivity index (χ1v) is 7.55. The van der Waals surface area contributed by atoms with E-state index in [1.54, 1.807) is 0 Å². The molecule has 0 aliphatic rings. The first kappa shape index (κ1) is 22.3. The molecule has 0 spiro atoms. The van der Waals surface area contributed by atoms with Gasteiger partial charge in [-0.05, 0) is 19.5 Å². The molecule has 0 bridgehead atoms. The van der Waals surface area contributed by atoms with Gasteiger partial charge in [-0.25, -0.2) is 8.78 Å². The second kappa shape index (κ2) is 10.9. The highest BCUT2D eigenvalue weighted by molar-refractivity contribution is 5.85. The van der Waals surface area contributed by atoms with Gasteiger partial charge in [-0.3, -0.25) is 9.59 Å². The number of hydrogen-bond acceptors (Lipinski definition) is 3. The summed E-state index contributed by atoms with van der Waals surface area (Å²) in [6.07, 6.45) is -0.124. The molecule has 1 aromatic rings. The van der Waals surface area contributed by atoms with Gasteiger partial charge in [0.05, 0.1) is 12.5 Å². The zero-order chi connectivity index (χ0) is 17.4. The average molecular weight is 364 g/mol. The molecule has 24 heavy (non-hydrogen) atoms. The zero-order valence-corrected chi connectivity index (χ0v) is 14.8. The molecular formula is C16H24ClF2N3O2. The van der Waals surface area contributed by atoms with Crippen molar-refractivity contribution in [3.63, 3.8) is 0 Å². The maximum Gasteiger partial charge on any atom is 0.222 e. The minimum absolute atomic E-state index is 0. The van der Waals surface area contributed by atoms with Crippen LogP contribution < -0.4 is 16.0 Å². The van der Waals surface area contributed by atoms with Gasteiger partial charge in [0.2, 0.25) is 11.8 Å². The van der Waals surface area contributed by atoms with Crippen LogP contribution in [0.25, 0.3) is 0 Å². The van der Waals surface area contributed by atoms with Crippen LogP contribution in [0.1, 0.15) is 38.8 Å². The minimum atomic E-state index is -0.845. The number of benzene rings is 1. The zero-order valence-electron chi connectivity index (χ0n) is 14.0. The van der Waals surface area contributed by atoms with E-state index in [1.165, 1.54) is 13.0 Å². The molecule has 0 aromatic heterocycles. The molecule has 8 heteroatoms. The largest absolute Gasteiger partial charge is 0.354 e. The molecule has 0 aliphatic carbocycles. The molecule has 0 saturated heterocycles. The quantitative estimate of drug-likeness (QED) is 0.662. The second-order valence-electron chi connectivity index (χ2n) is 5.39. The molecule has 0 aliphatic heterocycles. The van der Waals surface area contributed by atoms with Crippen molar-refractivity contribution in [3.8, 4) is 0 Å². The number of amides is 2. The maximum atomic E-state index is 13.9. The summed E-state index contributed by atoms with van der Waals surface area (Å²) in [4.78, 5) is 23.3. The summed E-state index contributed by atoms with van der Waals surface area (Å²) in [6.45, 7) is 6.37. The van der Waals surface area contributed by atoms with Crippen molar-refractivity contribution in [2.24, 2.45) is 0 Å².